The van der Waals surface area contributed by atoms with E-state index in [1.807, 2.05) is 30.3 Å². The van der Waals surface area contributed by atoms with Gasteiger partial charge < -0.3 is 5.32 Å². The highest BCUT2D eigenvalue weighted by atomic mass is 16.1. The molecule has 1 aliphatic carbocycles. The van der Waals surface area contributed by atoms with Gasteiger partial charge in [0.25, 0.3) is 0 Å². The number of rotatable bonds is 4. The summed E-state index contributed by atoms with van der Waals surface area (Å²) in [7, 11) is 0. The van der Waals surface area contributed by atoms with Gasteiger partial charge >= 0.3 is 0 Å². The Morgan fingerprint density at radius 2 is 1.75 bits per heavy atom. The standard InChI is InChI=1S/C16H17N3O/c20-16(7-6-12-4-2-1-3-5-12)19-13-10-14-15(11-13)18-9-8-17-14/h1-5,8-9,13H,6-7,10-11H2,(H,19,20). The van der Waals surface area contributed by atoms with Crippen molar-refractivity contribution in [2.75, 3.05) is 0 Å². The minimum Gasteiger partial charge on any atom is -0.353 e. The van der Waals surface area contributed by atoms with Crippen molar-refractivity contribution in [3.05, 3.63) is 59.7 Å². The summed E-state index contributed by atoms with van der Waals surface area (Å²) in [4.78, 5) is 20.6. The fourth-order valence-corrected chi connectivity index (χ4v) is 2.58. The third-order valence-electron chi connectivity index (χ3n) is 3.59. The van der Waals surface area contributed by atoms with Gasteiger partial charge in [0.1, 0.15) is 0 Å². The van der Waals surface area contributed by atoms with E-state index in [0.717, 1.165) is 30.7 Å². The monoisotopic (exact) mass is 267 g/mol. The van der Waals surface area contributed by atoms with E-state index in [4.69, 9.17) is 0 Å². The van der Waals surface area contributed by atoms with Crippen molar-refractivity contribution in [1.29, 1.82) is 0 Å². The molecule has 0 saturated heterocycles. The molecule has 1 aromatic carbocycles. The normalized spacial score (nSPS) is 14.0. The lowest BCUT2D eigenvalue weighted by atomic mass is 10.1. The first-order valence-electron chi connectivity index (χ1n) is 6.93. The molecule has 1 N–H and O–H groups in total. The van der Waals surface area contributed by atoms with Crippen LogP contribution in [0.2, 0.25) is 0 Å². The minimum atomic E-state index is 0.103. The smallest absolute Gasteiger partial charge is 0.220 e. The van der Waals surface area contributed by atoms with Crippen LogP contribution in [0.15, 0.2) is 42.7 Å². The quantitative estimate of drug-likeness (QED) is 0.917. The van der Waals surface area contributed by atoms with Crippen LogP contribution in [0.3, 0.4) is 0 Å². The molecule has 0 unspecified atom stereocenters. The van der Waals surface area contributed by atoms with Crippen molar-refractivity contribution < 1.29 is 4.79 Å². The number of amides is 1. The third kappa shape index (κ3) is 3.02. The number of aryl methyl sites for hydroxylation is 1. The SMILES string of the molecule is O=C(CCc1ccccc1)NC1Cc2nccnc2C1. The second-order valence-electron chi connectivity index (χ2n) is 5.11. The van der Waals surface area contributed by atoms with Gasteiger partial charge in [-0.25, -0.2) is 0 Å². The molecule has 0 aliphatic heterocycles. The molecular weight excluding hydrogens is 250 g/mol. The predicted octanol–water partition coefficient (Wildman–Crippen LogP) is 1.69. The molecule has 0 spiro atoms. The van der Waals surface area contributed by atoms with E-state index in [1.165, 1.54) is 5.56 Å². The van der Waals surface area contributed by atoms with Gasteiger partial charge in [-0.3, -0.25) is 14.8 Å². The number of hydrogen-bond acceptors (Lipinski definition) is 3. The van der Waals surface area contributed by atoms with E-state index in [2.05, 4.69) is 15.3 Å². The summed E-state index contributed by atoms with van der Waals surface area (Å²) in [5.74, 6) is 0.103. The summed E-state index contributed by atoms with van der Waals surface area (Å²) in [6.07, 6.45) is 6.30. The van der Waals surface area contributed by atoms with Crippen LogP contribution in [0.25, 0.3) is 0 Å². The van der Waals surface area contributed by atoms with Crippen molar-refractivity contribution >= 4 is 5.91 Å². The molecule has 0 fully saturated rings. The number of fused-ring (bicyclic) bond motifs is 1. The van der Waals surface area contributed by atoms with Crippen LogP contribution in [0.1, 0.15) is 23.4 Å². The van der Waals surface area contributed by atoms with Crippen LogP contribution < -0.4 is 5.32 Å². The Labute approximate surface area is 118 Å². The minimum absolute atomic E-state index is 0.103. The maximum absolute atomic E-state index is 12.0. The topological polar surface area (TPSA) is 54.9 Å². The van der Waals surface area contributed by atoms with E-state index >= 15 is 0 Å². The molecule has 102 valence electrons. The van der Waals surface area contributed by atoms with Crippen LogP contribution in [0, 0.1) is 0 Å². The number of carbonyl (C=O) groups is 1. The summed E-state index contributed by atoms with van der Waals surface area (Å²) in [5, 5.41) is 3.08. The molecule has 0 bridgehead atoms. The highest BCUT2D eigenvalue weighted by Crippen LogP contribution is 2.17. The van der Waals surface area contributed by atoms with Crippen molar-refractivity contribution in [3.63, 3.8) is 0 Å². The molecule has 0 atom stereocenters. The van der Waals surface area contributed by atoms with Gasteiger partial charge in [-0.1, -0.05) is 30.3 Å². The van der Waals surface area contributed by atoms with Crippen LogP contribution in [0.4, 0.5) is 0 Å². The molecule has 4 nitrogen and oxygen atoms in total. The molecule has 0 radical (unpaired) electrons. The van der Waals surface area contributed by atoms with E-state index in [0.29, 0.717) is 6.42 Å². The zero-order valence-electron chi connectivity index (χ0n) is 11.2. The number of benzene rings is 1. The van der Waals surface area contributed by atoms with Crippen LogP contribution in [-0.2, 0) is 24.1 Å². The van der Waals surface area contributed by atoms with Gasteiger partial charge in [-0.05, 0) is 12.0 Å². The van der Waals surface area contributed by atoms with Gasteiger partial charge in [0.2, 0.25) is 5.91 Å². The Kier molecular flexibility index (Phi) is 3.72. The Bertz CT molecular complexity index is 573. The molecular formula is C16H17N3O. The zero-order valence-corrected chi connectivity index (χ0v) is 11.2. The molecule has 1 heterocycles. The van der Waals surface area contributed by atoms with Crippen LogP contribution in [-0.4, -0.2) is 21.9 Å². The van der Waals surface area contributed by atoms with E-state index in [-0.39, 0.29) is 11.9 Å². The molecule has 3 rings (SSSR count). The first-order chi connectivity index (χ1) is 9.81. The molecule has 20 heavy (non-hydrogen) atoms. The first-order valence-corrected chi connectivity index (χ1v) is 6.93. The van der Waals surface area contributed by atoms with Crippen molar-refractivity contribution in [2.24, 2.45) is 0 Å². The Morgan fingerprint density at radius 3 is 2.40 bits per heavy atom. The number of carbonyl (C=O) groups excluding carboxylic acids is 1. The molecule has 4 heteroatoms. The van der Waals surface area contributed by atoms with Gasteiger partial charge in [0.05, 0.1) is 11.4 Å². The van der Waals surface area contributed by atoms with Gasteiger partial charge in [0, 0.05) is 37.7 Å². The molecule has 0 saturated carbocycles. The molecule has 1 aliphatic rings. The van der Waals surface area contributed by atoms with Crippen molar-refractivity contribution in [2.45, 2.75) is 31.7 Å². The van der Waals surface area contributed by atoms with Crippen LogP contribution in [0.5, 0.6) is 0 Å². The summed E-state index contributed by atoms with van der Waals surface area (Å²) < 4.78 is 0. The fourth-order valence-electron chi connectivity index (χ4n) is 2.58. The second kappa shape index (κ2) is 5.82. The average Bonchev–Trinajstić information content (AvgIpc) is 2.88. The highest BCUT2D eigenvalue weighted by Gasteiger charge is 2.24. The lowest BCUT2D eigenvalue weighted by Crippen LogP contribution is -2.35. The molecule has 1 aromatic heterocycles. The Morgan fingerprint density at radius 1 is 1.10 bits per heavy atom. The summed E-state index contributed by atoms with van der Waals surface area (Å²) in [5.41, 5.74) is 3.22. The van der Waals surface area contributed by atoms with Crippen molar-refractivity contribution in [3.8, 4) is 0 Å². The predicted molar refractivity (Wildman–Crippen MR) is 76.1 cm³/mol. The van der Waals surface area contributed by atoms with E-state index in [9.17, 15) is 4.79 Å². The zero-order chi connectivity index (χ0) is 13.8. The Hall–Kier alpha value is -2.23. The fraction of sp³-hybridized carbons (Fsp3) is 0.312. The number of aromatic nitrogens is 2. The lowest BCUT2D eigenvalue weighted by Gasteiger charge is -2.11. The lowest BCUT2D eigenvalue weighted by molar-refractivity contribution is -0.121. The summed E-state index contributed by atoms with van der Waals surface area (Å²) in [6, 6.07) is 10.2. The van der Waals surface area contributed by atoms with Gasteiger partial charge in [-0.2, -0.15) is 0 Å². The number of nitrogens with zero attached hydrogens (tertiary/aromatic N) is 2. The largest absolute Gasteiger partial charge is 0.353 e. The van der Waals surface area contributed by atoms with E-state index < -0.39 is 0 Å². The maximum Gasteiger partial charge on any atom is 0.220 e. The average molecular weight is 267 g/mol. The molecule has 1 amide bonds. The first kappa shape index (κ1) is 12.8. The Balaban J connectivity index is 1.49. The molecule has 2 aromatic rings. The van der Waals surface area contributed by atoms with Gasteiger partial charge in [0.15, 0.2) is 0 Å². The maximum atomic E-state index is 12.0. The van der Waals surface area contributed by atoms with E-state index in [1.54, 1.807) is 12.4 Å². The van der Waals surface area contributed by atoms with Crippen LogP contribution >= 0.6 is 0 Å². The highest BCUT2D eigenvalue weighted by molar-refractivity contribution is 5.76. The summed E-state index contributed by atoms with van der Waals surface area (Å²) >= 11 is 0. The summed E-state index contributed by atoms with van der Waals surface area (Å²) in [6.45, 7) is 0. The number of hydrogen-bond donors (Lipinski definition) is 1. The third-order valence-corrected chi connectivity index (χ3v) is 3.59. The number of nitrogens with one attached hydrogen (secondary N) is 1. The van der Waals surface area contributed by atoms with Crippen molar-refractivity contribution in [1.82, 2.24) is 15.3 Å². The van der Waals surface area contributed by atoms with Gasteiger partial charge in [-0.15, -0.1) is 0 Å². The second-order valence-corrected chi connectivity index (χ2v) is 5.11.